The van der Waals surface area contributed by atoms with Gasteiger partial charge in [0.05, 0.1) is 10.6 Å². The van der Waals surface area contributed by atoms with E-state index in [1.54, 1.807) is 6.92 Å². The molecule has 0 aromatic heterocycles. The van der Waals surface area contributed by atoms with Gasteiger partial charge in [-0.05, 0) is 36.8 Å². The maximum absolute atomic E-state index is 13.0. The second-order valence-corrected chi connectivity index (χ2v) is 7.33. The van der Waals surface area contributed by atoms with Crippen molar-refractivity contribution >= 4 is 39.0 Å². The molecule has 0 bridgehead atoms. The second-order valence-electron chi connectivity index (χ2n) is 5.06. The first-order valence-corrected chi connectivity index (χ1v) is 8.70. The molecule has 0 saturated heterocycles. The zero-order valence-corrected chi connectivity index (χ0v) is 14.5. The molecule has 0 fully saturated rings. The number of hydrogen-bond donors (Lipinski definition) is 1. The highest BCUT2D eigenvalue weighted by molar-refractivity contribution is 7.93. The van der Waals surface area contributed by atoms with E-state index in [0.29, 0.717) is 14.9 Å². The van der Waals surface area contributed by atoms with Crippen molar-refractivity contribution in [3.8, 4) is 0 Å². The van der Waals surface area contributed by atoms with Crippen molar-refractivity contribution in [3.63, 3.8) is 0 Å². The highest BCUT2D eigenvalue weighted by Crippen LogP contribution is 2.32. The Labute approximate surface area is 148 Å². The summed E-state index contributed by atoms with van der Waals surface area (Å²) in [6, 6.07) is 9.00. The Hall–Kier alpha value is -2.65. The van der Waals surface area contributed by atoms with Gasteiger partial charge in [-0.15, -0.1) is 0 Å². The van der Waals surface area contributed by atoms with Crippen LogP contribution in [0.4, 0.5) is 11.4 Å². The summed E-state index contributed by atoms with van der Waals surface area (Å²) in [5.74, 6) is -1.41. The zero-order chi connectivity index (χ0) is 18.8. The summed E-state index contributed by atoms with van der Waals surface area (Å²) >= 11 is 5.85. The molecule has 2 aromatic rings. The van der Waals surface area contributed by atoms with Crippen molar-refractivity contribution in [2.75, 3.05) is 10.8 Å². The molecule has 0 heterocycles. The van der Waals surface area contributed by atoms with Gasteiger partial charge in [-0.3, -0.25) is 19.2 Å². The number of anilines is 1. The van der Waals surface area contributed by atoms with Crippen molar-refractivity contribution in [1.29, 1.82) is 0 Å². The van der Waals surface area contributed by atoms with Crippen LogP contribution in [0, 0.1) is 17.0 Å². The van der Waals surface area contributed by atoms with Gasteiger partial charge in [-0.25, -0.2) is 8.42 Å². The number of para-hydroxylation sites is 1. The van der Waals surface area contributed by atoms with E-state index in [9.17, 15) is 23.3 Å². The Balaban J connectivity index is 2.69. The van der Waals surface area contributed by atoms with Crippen LogP contribution in [0.3, 0.4) is 0 Å². The van der Waals surface area contributed by atoms with Gasteiger partial charge in [0.1, 0.15) is 6.54 Å². The average molecular weight is 385 g/mol. The van der Waals surface area contributed by atoms with Gasteiger partial charge in [0.15, 0.2) is 4.90 Å². The molecular formula is C15H13ClN2O6S. The van der Waals surface area contributed by atoms with Crippen molar-refractivity contribution in [2.45, 2.75) is 11.8 Å². The number of aryl methyl sites for hydroxylation is 1. The fourth-order valence-electron chi connectivity index (χ4n) is 2.27. The van der Waals surface area contributed by atoms with Crippen LogP contribution in [0.15, 0.2) is 47.4 Å². The molecule has 0 unspecified atom stereocenters. The second kappa shape index (κ2) is 7.08. The van der Waals surface area contributed by atoms with Crippen molar-refractivity contribution < 1.29 is 23.2 Å². The van der Waals surface area contributed by atoms with E-state index in [1.165, 1.54) is 30.3 Å². The fourth-order valence-corrected chi connectivity index (χ4v) is 4.13. The van der Waals surface area contributed by atoms with Gasteiger partial charge in [0, 0.05) is 11.1 Å². The first-order chi connectivity index (χ1) is 11.6. The van der Waals surface area contributed by atoms with E-state index in [-0.39, 0.29) is 5.69 Å². The maximum Gasteiger partial charge on any atom is 0.324 e. The van der Waals surface area contributed by atoms with Gasteiger partial charge in [0.2, 0.25) is 0 Å². The summed E-state index contributed by atoms with van der Waals surface area (Å²) in [7, 11) is -4.49. The molecule has 2 aromatic carbocycles. The Kier molecular flexibility index (Phi) is 5.29. The minimum Gasteiger partial charge on any atom is -0.480 e. The lowest BCUT2D eigenvalue weighted by molar-refractivity contribution is -0.387. The van der Waals surface area contributed by atoms with Gasteiger partial charge in [0.25, 0.3) is 15.7 Å². The first kappa shape index (κ1) is 18.7. The molecule has 0 aliphatic carbocycles. The number of rotatable bonds is 6. The summed E-state index contributed by atoms with van der Waals surface area (Å²) in [6.07, 6.45) is 0. The Morgan fingerprint density at radius 2 is 1.92 bits per heavy atom. The summed E-state index contributed by atoms with van der Waals surface area (Å²) in [5, 5.41) is 20.6. The third kappa shape index (κ3) is 3.89. The molecule has 0 spiro atoms. The van der Waals surface area contributed by atoms with E-state index in [0.717, 1.165) is 12.1 Å². The number of carboxylic acid groups (broad SMARTS) is 1. The quantitative estimate of drug-likeness (QED) is 0.604. The minimum absolute atomic E-state index is 0.0740. The van der Waals surface area contributed by atoms with Crippen LogP contribution in [-0.2, 0) is 14.8 Å². The van der Waals surface area contributed by atoms with E-state index >= 15 is 0 Å². The SMILES string of the molecule is Cc1cc(Cl)ccc1N(CC(=O)O)S(=O)(=O)c1ccccc1[N+](=O)[O-]. The number of nitro benzene ring substituents is 1. The minimum atomic E-state index is -4.49. The molecule has 132 valence electrons. The molecule has 2 rings (SSSR count). The van der Waals surface area contributed by atoms with Crippen molar-refractivity contribution in [3.05, 3.63) is 63.2 Å². The van der Waals surface area contributed by atoms with Gasteiger partial charge in [-0.2, -0.15) is 0 Å². The summed E-state index contributed by atoms with van der Waals surface area (Å²) < 4.78 is 26.5. The van der Waals surface area contributed by atoms with Crippen LogP contribution < -0.4 is 4.31 Å². The number of carboxylic acids is 1. The summed E-state index contributed by atoms with van der Waals surface area (Å²) in [6.45, 7) is 0.668. The van der Waals surface area contributed by atoms with Gasteiger partial charge in [-0.1, -0.05) is 23.7 Å². The van der Waals surface area contributed by atoms with Crippen LogP contribution >= 0.6 is 11.6 Å². The number of sulfonamides is 1. The standard InChI is InChI=1S/C15H13ClN2O6S/c1-10-8-11(16)6-7-12(10)17(9-15(19)20)25(23,24)14-5-3-2-4-13(14)18(21)22/h2-8H,9H2,1H3,(H,19,20). The van der Waals surface area contributed by atoms with Crippen LogP contribution in [0.1, 0.15) is 5.56 Å². The number of benzene rings is 2. The van der Waals surface area contributed by atoms with Crippen LogP contribution in [0.25, 0.3) is 0 Å². The fraction of sp³-hybridized carbons (Fsp3) is 0.133. The molecule has 0 aliphatic rings. The molecule has 0 atom stereocenters. The lowest BCUT2D eigenvalue weighted by Crippen LogP contribution is -2.36. The maximum atomic E-state index is 13.0. The number of carbonyl (C=O) groups is 1. The Morgan fingerprint density at radius 1 is 1.28 bits per heavy atom. The molecule has 25 heavy (non-hydrogen) atoms. The van der Waals surface area contributed by atoms with Gasteiger partial charge >= 0.3 is 5.97 Å². The molecule has 0 saturated carbocycles. The van der Waals surface area contributed by atoms with E-state index in [4.69, 9.17) is 16.7 Å². The van der Waals surface area contributed by atoms with E-state index in [2.05, 4.69) is 0 Å². The van der Waals surface area contributed by atoms with Crippen LogP contribution in [0.5, 0.6) is 0 Å². The van der Waals surface area contributed by atoms with Crippen LogP contribution in [-0.4, -0.2) is 31.0 Å². The first-order valence-electron chi connectivity index (χ1n) is 6.88. The third-order valence-corrected chi connectivity index (χ3v) is 5.38. The monoisotopic (exact) mass is 384 g/mol. The molecule has 0 amide bonds. The van der Waals surface area contributed by atoms with Crippen molar-refractivity contribution in [1.82, 2.24) is 0 Å². The smallest absolute Gasteiger partial charge is 0.324 e. The summed E-state index contributed by atoms with van der Waals surface area (Å²) in [5.41, 5.74) is -0.148. The molecule has 8 nitrogen and oxygen atoms in total. The Morgan fingerprint density at radius 3 is 2.48 bits per heavy atom. The largest absolute Gasteiger partial charge is 0.480 e. The number of nitro groups is 1. The third-order valence-electron chi connectivity index (χ3n) is 3.34. The lowest BCUT2D eigenvalue weighted by Gasteiger charge is -2.24. The predicted octanol–water partition coefficient (Wildman–Crippen LogP) is 2.84. The average Bonchev–Trinajstić information content (AvgIpc) is 2.53. The van der Waals surface area contributed by atoms with Crippen LogP contribution in [0.2, 0.25) is 5.02 Å². The molecular weight excluding hydrogens is 372 g/mol. The number of aliphatic carboxylic acids is 1. The number of nitrogens with zero attached hydrogens (tertiary/aromatic N) is 2. The molecule has 0 aliphatic heterocycles. The highest BCUT2D eigenvalue weighted by Gasteiger charge is 2.33. The van der Waals surface area contributed by atoms with Gasteiger partial charge < -0.3 is 5.11 Å². The Bertz CT molecular complexity index is 945. The van der Waals surface area contributed by atoms with E-state index < -0.39 is 38.0 Å². The topological polar surface area (TPSA) is 118 Å². The molecule has 0 radical (unpaired) electrons. The highest BCUT2D eigenvalue weighted by atomic mass is 35.5. The van der Waals surface area contributed by atoms with Crippen molar-refractivity contribution in [2.24, 2.45) is 0 Å². The normalized spacial score (nSPS) is 11.1. The lowest BCUT2D eigenvalue weighted by atomic mass is 10.2. The summed E-state index contributed by atoms with van der Waals surface area (Å²) in [4.78, 5) is 20.9. The molecule has 1 N–H and O–H groups in total. The number of halogens is 1. The number of hydrogen-bond acceptors (Lipinski definition) is 5. The van der Waals surface area contributed by atoms with E-state index in [1.807, 2.05) is 0 Å². The predicted molar refractivity (Wildman–Crippen MR) is 91.5 cm³/mol. The zero-order valence-electron chi connectivity index (χ0n) is 12.9. The molecule has 10 heteroatoms.